The van der Waals surface area contributed by atoms with E-state index in [4.69, 9.17) is 4.74 Å². The summed E-state index contributed by atoms with van der Waals surface area (Å²) < 4.78 is 18.4. The molecule has 0 aliphatic rings. The Hall–Kier alpha value is -1.81. The van der Waals surface area contributed by atoms with E-state index >= 15 is 0 Å². The van der Waals surface area contributed by atoms with Crippen molar-refractivity contribution in [3.63, 3.8) is 0 Å². The topological polar surface area (TPSA) is 26.3 Å². The van der Waals surface area contributed by atoms with E-state index in [1.165, 1.54) is 12.1 Å². The van der Waals surface area contributed by atoms with Crippen LogP contribution in [0, 0.1) is 5.82 Å². The number of benzene rings is 2. The van der Waals surface area contributed by atoms with Crippen molar-refractivity contribution in [3.05, 3.63) is 65.5 Å². The Morgan fingerprint density at radius 2 is 1.77 bits per heavy atom. The zero-order valence-electron chi connectivity index (χ0n) is 12.5. The fraction of sp³-hybridized carbons (Fsp3) is 0.278. The maximum Gasteiger partial charge on any atom is 0.172 e. The second-order valence-corrected chi connectivity index (χ2v) is 6.02. The first-order valence-electron chi connectivity index (χ1n) is 7.27. The average Bonchev–Trinajstić information content (AvgIpc) is 2.55. The van der Waals surface area contributed by atoms with Crippen molar-refractivity contribution in [3.8, 4) is 5.75 Å². The van der Waals surface area contributed by atoms with Crippen LogP contribution in [0.5, 0.6) is 5.75 Å². The SMILES string of the molecule is CCCSCC(=O)c1ccc(OCc2ccc(F)cc2)cc1. The van der Waals surface area contributed by atoms with E-state index in [0.29, 0.717) is 23.7 Å². The van der Waals surface area contributed by atoms with Crippen LogP contribution in [0.2, 0.25) is 0 Å². The standard InChI is InChI=1S/C18H19FO2S/c1-2-11-22-13-18(20)15-5-9-17(10-6-15)21-12-14-3-7-16(19)8-4-14/h3-10H,2,11-13H2,1H3. The molecule has 2 aromatic carbocycles. The van der Waals surface area contributed by atoms with Crippen LogP contribution in [0.1, 0.15) is 29.3 Å². The Balaban J connectivity index is 1.86. The number of hydrogen-bond acceptors (Lipinski definition) is 3. The Kier molecular flexibility index (Phi) is 6.46. The fourth-order valence-corrected chi connectivity index (χ4v) is 2.66. The molecule has 2 aromatic rings. The van der Waals surface area contributed by atoms with E-state index in [1.54, 1.807) is 48.2 Å². The largest absolute Gasteiger partial charge is 0.489 e. The number of carbonyl (C=O) groups excluding carboxylic acids is 1. The summed E-state index contributed by atoms with van der Waals surface area (Å²) in [6.45, 7) is 2.48. The molecule has 2 nitrogen and oxygen atoms in total. The van der Waals surface area contributed by atoms with Gasteiger partial charge in [-0.25, -0.2) is 4.39 Å². The van der Waals surface area contributed by atoms with Crippen LogP contribution in [0.15, 0.2) is 48.5 Å². The number of Topliss-reactive ketones (excluding diaryl/α,β-unsaturated/α-hetero) is 1. The van der Waals surface area contributed by atoms with Crippen molar-refractivity contribution in [1.29, 1.82) is 0 Å². The van der Waals surface area contributed by atoms with Gasteiger partial charge in [-0.15, -0.1) is 0 Å². The molecule has 2 rings (SSSR count). The zero-order valence-corrected chi connectivity index (χ0v) is 13.4. The van der Waals surface area contributed by atoms with E-state index in [1.807, 2.05) is 0 Å². The van der Waals surface area contributed by atoms with E-state index < -0.39 is 0 Å². The third kappa shape index (κ3) is 5.19. The Bertz CT molecular complexity index is 593. The van der Waals surface area contributed by atoms with Gasteiger partial charge in [-0.2, -0.15) is 11.8 Å². The van der Waals surface area contributed by atoms with Gasteiger partial charge in [0.15, 0.2) is 5.78 Å². The molecule has 0 N–H and O–H groups in total. The predicted molar refractivity (Wildman–Crippen MR) is 89.1 cm³/mol. The van der Waals surface area contributed by atoms with Gasteiger partial charge in [-0.1, -0.05) is 19.1 Å². The lowest BCUT2D eigenvalue weighted by Crippen LogP contribution is -2.03. The first-order valence-corrected chi connectivity index (χ1v) is 8.42. The third-order valence-corrected chi connectivity index (χ3v) is 4.24. The van der Waals surface area contributed by atoms with E-state index in [-0.39, 0.29) is 11.6 Å². The summed E-state index contributed by atoms with van der Waals surface area (Å²) in [4.78, 5) is 11.9. The van der Waals surface area contributed by atoms with Crippen molar-refractivity contribution in [2.45, 2.75) is 20.0 Å². The Morgan fingerprint density at radius 3 is 2.41 bits per heavy atom. The lowest BCUT2D eigenvalue weighted by atomic mass is 10.1. The van der Waals surface area contributed by atoms with Gasteiger partial charge in [-0.3, -0.25) is 4.79 Å². The van der Waals surface area contributed by atoms with Gasteiger partial charge in [0.05, 0.1) is 5.75 Å². The molecular formula is C18H19FO2S. The Morgan fingerprint density at radius 1 is 1.09 bits per heavy atom. The first kappa shape index (κ1) is 16.6. The van der Waals surface area contributed by atoms with Crippen molar-refractivity contribution in [2.75, 3.05) is 11.5 Å². The molecule has 0 radical (unpaired) electrons. The smallest absolute Gasteiger partial charge is 0.172 e. The summed E-state index contributed by atoms with van der Waals surface area (Å²) in [5.41, 5.74) is 1.61. The van der Waals surface area contributed by atoms with E-state index in [0.717, 1.165) is 17.7 Å². The summed E-state index contributed by atoms with van der Waals surface area (Å²) in [6, 6.07) is 13.4. The van der Waals surface area contributed by atoms with Crippen LogP contribution in [0.3, 0.4) is 0 Å². The minimum atomic E-state index is -0.257. The van der Waals surface area contributed by atoms with Crippen LogP contribution in [0.4, 0.5) is 4.39 Å². The van der Waals surface area contributed by atoms with Crippen molar-refractivity contribution in [2.24, 2.45) is 0 Å². The molecule has 4 heteroatoms. The van der Waals surface area contributed by atoms with Gasteiger partial charge in [0, 0.05) is 5.56 Å². The van der Waals surface area contributed by atoms with Gasteiger partial charge >= 0.3 is 0 Å². The third-order valence-electron chi connectivity index (χ3n) is 3.08. The maximum atomic E-state index is 12.8. The molecule has 0 aromatic heterocycles. The monoisotopic (exact) mass is 318 g/mol. The number of rotatable bonds is 8. The van der Waals surface area contributed by atoms with Crippen molar-refractivity contribution >= 4 is 17.5 Å². The van der Waals surface area contributed by atoms with Gasteiger partial charge in [0.25, 0.3) is 0 Å². The van der Waals surface area contributed by atoms with Crippen LogP contribution in [0.25, 0.3) is 0 Å². The summed E-state index contributed by atoms with van der Waals surface area (Å²) in [5.74, 6) is 2.10. The molecule has 0 atom stereocenters. The molecule has 0 amide bonds. The highest BCUT2D eigenvalue weighted by atomic mass is 32.2. The fourth-order valence-electron chi connectivity index (χ4n) is 1.88. The highest BCUT2D eigenvalue weighted by Crippen LogP contribution is 2.16. The molecule has 22 heavy (non-hydrogen) atoms. The lowest BCUT2D eigenvalue weighted by Gasteiger charge is -2.07. The van der Waals surface area contributed by atoms with Crippen molar-refractivity contribution in [1.82, 2.24) is 0 Å². The van der Waals surface area contributed by atoms with Gasteiger partial charge < -0.3 is 4.74 Å². The Labute approximate surface area is 134 Å². The molecule has 0 aliphatic heterocycles. The van der Waals surface area contributed by atoms with Crippen LogP contribution in [-0.2, 0) is 6.61 Å². The summed E-state index contributed by atoms with van der Waals surface area (Å²) in [7, 11) is 0. The lowest BCUT2D eigenvalue weighted by molar-refractivity contribution is 0.102. The quantitative estimate of drug-likeness (QED) is 0.520. The molecule has 0 unspecified atom stereocenters. The first-order chi connectivity index (χ1) is 10.7. The van der Waals surface area contributed by atoms with Gasteiger partial charge in [-0.05, 0) is 54.1 Å². The average molecular weight is 318 g/mol. The highest BCUT2D eigenvalue weighted by Gasteiger charge is 2.06. The normalized spacial score (nSPS) is 10.5. The number of carbonyl (C=O) groups is 1. The molecule has 0 saturated carbocycles. The number of ketones is 1. The zero-order chi connectivity index (χ0) is 15.8. The number of thioether (sulfide) groups is 1. The minimum Gasteiger partial charge on any atom is -0.489 e. The second kappa shape index (κ2) is 8.59. The molecule has 0 saturated heterocycles. The molecule has 0 aliphatic carbocycles. The summed E-state index contributed by atoms with van der Waals surface area (Å²) in [6.07, 6.45) is 1.08. The maximum absolute atomic E-state index is 12.8. The van der Waals surface area contributed by atoms with Gasteiger partial charge in [0.1, 0.15) is 18.2 Å². The molecule has 116 valence electrons. The number of halogens is 1. The van der Waals surface area contributed by atoms with Crippen LogP contribution >= 0.6 is 11.8 Å². The van der Waals surface area contributed by atoms with E-state index in [9.17, 15) is 9.18 Å². The van der Waals surface area contributed by atoms with E-state index in [2.05, 4.69) is 6.92 Å². The summed E-state index contributed by atoms with van der Waals surface area (Å²) in [5, 5.41) is 0. The molecular weight excluding hydrogens is 299 g/mol. The number of hydrogen-bond donors (Lipinski definition) is 0. The predicted octanol–water partition coefficient (Wildman–Crippen LogP) is 4.73. The molecule has 0 bridgehead atoms. The van der Waals surface area contributed by atoms with Gasteiger partial charge in [0.2, 0.25) is 0 Å². The molecule has 0 spiro atoms. The second-order valence-electron chi connectivity index (χ2n) is 4.92. The highest BCUT2D eigenvalue weighted by molar-refractivity contribution is 7.99. The van der Waals surface area contributed by atoms with Crippen LogP contribution in [-0.4, -0.2) is 17.3 Å². The summed E-state index contributed by atoms with van der Waals surface area (Å²) >= 11 is 1.66. The minimum absolute atomic E-state index is 0.142. The number of ether oxygens (including phenoxy) is 1. The van der Waals surface area contributed by atoms with Crippen LogP contribution < -0.4 is 4.74 Å². The molecule has 0 fully saturated rings. The molecule has 0 heterocycles. The van der Waals surface area contributed by atoms with Crippen molar-refractivity contribution < 1.29 is 13.9 Å².